The number of imidazole rings is 1. The highest BCUT2D eigenvalue weighted by atomic mass is 32.2. The van der Waals surface area contributed by atoms with Crippen molar-refractivity contribution in [3.63, 3.8) is 0 Å². The van der Waals surface area contributed by atoms with Crippen LogP contribution in [0.1, 0.15) is 5.56 Å². The predicted octanol–water partition coefficient (Wildman–Crippen LogP) is 2.22. The SMILES string of the molecule is CS(=O)(=O)c1nccn1CC(F)(F)c1ccc(F)cc1. The average Bonchev–Trinajstić information content (AvgIpc) is 2.76. The normalized spacial score (nSPS) is 12.6. The Morgan fingerprint density at radius 1 is 1.25 bits per heavy atom. The summed E-state index contributed by atoms with van der Waals surface area (Å²) in [5, 5.41) is -0.431. The molecule has 0 aliphatic carbocycles. The van der Waals surface area contributed by atoms with Crippen LogP contribution < -0.4 is 0 Å². The van der Waals surface area contributed by atoms with Gasteiger partial charge in [-0.25, -0.2) is 17.8 Å². The van der Waals surface area contributed by atoms with E-state index >= 15 is 0 Å². The highest BCUT2D eigenvalue weighted by molar-refractivity contribution is 7.90. The van der Waals surface area contributed by atoms with E-state index in [-0.39, 0.29) is 0 Å². The van der Waals surface area contributed by atoms with Crippen molar-refractivity contribution in [3.8, 4) is 0 Å². The Bertz CT molecular complexity index is 709. The molecule has 0 aliphatic heterocycles. The van der Waals surface area contributed by atoms with E-state index in [0.717, 1.165) is 47.5 Å². The Labute approximate surface area is 113 Å². The molecule has 1 heterocycles. The summed E-state index contributed by atoms with van der Waals surface area (Å²) in [4.78, 5) is 3.56. The van der Waals surface area contributed by atoms with Gasteiger partial charge in [0.2, 0.25) is 15.0 Å². The van der Waals surface area contributed by atoms with Gasteiger partial charge in [0.1, 0.15) is 5.82 Å². The zero-order valence-electron chi connectivity index (χ0n) is 10.4. The predicted molar refractivity (Wildman–Crippen MR) is 65.6 cm³/mol. The molecule has 4 nitrogen and oxygen atoms in total. The van der Waals surface area contributed by atoms with Crippen molar-refractivity contribution in [1.29, 1.82) is 0 Å². The summed E-state index contributed by atoms with van der Waals surface area (Å²) in [5.74, 6) is -3.96. The van der Waals surface area contributed by atoms with Crippen LogP contribution in [0.3, 0.4) is 0 Å². The molecule has 1 aromatic heterocycles. The molecule has 0 spiro atoms. The van der Waals surface area contributed by atoms with E-state index in [2.05, 4.69) is 4.98 Å². The lowest BCUT2D eigenvalue weighted by Crippen LogP contribution is -2.23. The van der Waals surface area contributed by atoms with Gasteiger partial charge in [-0.2, -0.15) is 8.78 Å². The lowest BCUT2D eigenvalue weighted by molar-refractivity contribution is -0.0245. The molecule has 0 bridgehead atoms. The summed E-state index contributed by atoms with van der Waals surface area (Å²) in [6, 6.07) is 3.78. The van der Waals surface area contributed by atoms with Crippen molar-refractivity contribution in [2.24, 2.45) is 0 Å². The van der Waals surface area contributed by atoms with E-state index < -0.39 is 38.8 Å². The minimum absolute atomic E-state index is 0.396. The fourth-order valence-corrected chi connectivity index (χ4v) is 2.55. The number of sulfone groups is 1. The lowest BCUT2D eigenvalue weighted by atomic mass is 10.1. The monoisotopic (exact) mass is 304 g/mol. The zero-order valence-corrected chi connectivity index (χ0v) is 11.2. The molecule has 8 heteroatoms. The second-order valence-corrected chi connectivity index (χ2v) is 6.23. The Morgan fingerprint density at radius 2 is 1.85 bits per heavy atom. The topological polar surface area (TPSA) is 52.0 Å². The van der Waals surface area contributed by atoms with Crippen LogP contribution in [0.4, 0.5) is 13.2 Å². The molecule has 0 saturated heterocycles. The van der Waals surface area contributed by atoms with Gasteiger partial charge in [0.05, 0.1) is 6.54 Å². The summed E-state index contributed by atoms with van der Waals surface area (Å²) < 4.78 is 64.5. The number of aromatic nitrogens is 2. The highest BCUT2D eigenvalue weighted by Crippen LogP contribution is 2.30. The van der Waals surface area contributed by atoms with Gasteiger partial charge in [0.15, 0.2) is 0 Å². The van der Waals surface area contributed by atoms with Crippen molar-refractivity contribution in [3.05, 3.63) is 48.0 Å². The fourth-order valence-electron chi connectivity index (χ4n) is 1.74. The van der Waals surface area contributed by atoms with Crippen LogP contribution in [0.25, 0.3) is 0 Å². The molecule has 0 aliphatic rings. The molecule has 0 fully saturated rings. The Hall–Kier alpha value is -1.83. The van der Waals surface area contributed by atoms with Gasteiger partial charge in [-0.3, -0.25) is 0 Å². The van der Waals surface area contributed by atoms with Crippen molar-refractivity contribution >= 4 is 9.84 Å². The van der Waals surface area contributed by atoms with Crippen molar-refractivity contribution in [2.45, 2.75) is 17.6 Å². The van der Waals surface area contributed by atoms with Crippen LogP contribution in [0, 0.1) is 5.82 Å². The first-order chi connectivity index (χ1) is 9.20. The van der Waals surface area contributed by atoms with E-state index in [1.807, 2.05) is 0 Å². The van der Waals surface area contributed by atoms with Gasteiger partial charge in [-0.15, -0.1) is 0 Å². The molecule has 1 aromatic carbocycles. The number of benzene rings is 1. The van der Waals surface area contributed by atoms with Gasteiger partial charge in [-0.1, -0.05) is 12.1 Å². The molecule has 0 atom stereocenters. The first-order valence-electron chi connectivity index (χ1n) is 5.55. The lowest BCUT2D eigenvalue weighted by Gasteiger charge is -2.18. The molecule has 0 amide bonds. The van der Waals surface area contributed by atoms with Gasteiger partial charge in [0.25, 0.3) is 5.92 Å². The largest absolute Gasteiger partial charge is 0.316 e. The Morgan fingerprint density at radius 3 is 2.40 bits per heavy atom. The summed E-state index contributed by atoms with van der Waals surface area (Å²) in [6.45, 7) is -0.888. The highest BCUT2D eigenvalue weighted by Gasteiger charge is 2.33. The Kier molecular flexibility index (Phi) is 3.59. The second-order valence-electron chi connectivity index (χ2n) is 4.32. The minimum Gasteiger partial charge on any atom is -0.316 e. The maximum Gasteiger partial charge on any atom is 0.290 e. The average molecular weight is 304 g/mol. The maximum absolute atomic E-state index is 14.1. The van der Waals surface area contributed by atoms with Crippen molar-refractivity contribution < 1.29 is 21.6 Å². The van der Waals surface area contributed by atoms with Gasteiger partial charge >= 0.3 is 0 Å². The molecule has 0 radical (unpaired) electrons. The molecule has 20 heavy (non-hydrogen) atoms. The molecule has 0 unspecified atom stereocenters. The molecule has 2 rings (SSSR count). The third-order valence-corrected chi connectivity index (χ3v) is 3.65. The minimum atomic E-state index is -3.69. The Balaban J connectivity index is 2.34. The van der Waals surface area contributed by atoms with Gasteiger partial charge in [-0.05, 0) is 12.1 Å². The molecule has 108 valence electrons. The van der Waals surface area contributed by atoms with E-state index in [4.69, 9.17) is 0 Å². The van der Waals surface area contributed by atoms with Crippen molar-refractivity contribution in [1.82, 2.24) is 9.55 Å². The number of alkyl halides is 2. The molecular formula is C12H11F3N2O2S. The third kappa shape index (κ3) is 3.01. The van der Waals surface area contributed by atoms with E-state index in [1.165, 1.54) is 0 Å². The van der Waals surface area contributed by atoms with Crippen LogP contribution in [0.15, 0.2) is 41.8 Å². The number of hydrogen-bond acceptors (Lipinski definition) is 3. The number of rotatable bonds is 4. The number of nitrogens with zero attached hydrogens (tertiary/aromatic N) is 2. The van der Waals surface area contributed by atoms with Gasteiger partial charge < -0.3 is 4.57 Å². The summed E-state index contributed by atoms with van der Waals surface area (Å²) >= 11 is 0. The maximum atomic E-state index is 14.1. The first kappa shape index (κ1) is 14.6. The second kappa shape index (κ2) is 4.93. The quantitative estimate of drug-likeness (QED) is 0.870. The van der Waals surface area contributed by atoms with E-state index in [1.54, 1.807) is 0 Å². The summed E-state index contributed by atoms with van der Waals surface area (Å²) in [6.07, 6.45) is 3.19. The van der Waals surface area contributed by atoms with Gasteiger partial charge in [0, 0.05) is 24.2 Å². The number of halogens is 3. The van der Waals surface area contributed by atoms with Crippen LogP contribution in [-0.4, -0.2) is 24.2 Å². The molecule has 0 N–H and O–H groups in total. The first-order valence-corrected chi connectivity index (χ1v) is 7.44. The standard InChI is InChI=1S/C12H11F3N2O2S/c1-20(18,19)11-16-6-7-17(11)8-12(14,15)9-2-4-10(13)5-3-9/h2-7H,8H2,1H3. The zero-order chi connectivity index (χ0) is 15.0. The smallest absolute Gasteiger partial charge is 0.290 e. The van der Waals surface area contributed by atoms with Crippen LogP contribution in [0.5, 0.6) is 0 Å². The molecule has 2 aromatic rings. The summed E-state index contributed by atoms with van der Waals surface area (Å²) in [7, 11) is -3.69. The fraction of sp³-hybridized carbons (Fsp3) is 0.250. The van der Waals surface area contributed by atoms with E-state index in [0.29, 0.717) is 0 Å². The molecular weight excluding hydrogens is 293 g/mol. The van der Waals surface area contributed by atoms with E-state index in [9.17, 15) is 21.6 Å². The van der Waals surface area contributed by atoms with Crippen LogP contribution in [0.2, 0.25) is 0 Å². The third-order valence-electron chi connectivity index (χ3n) is 2.64. The summed E-state index contributed by atoms with van der Waals surface area (Å²) in [5.41, 5.74) is -0.396. The van der Waals surface area contributed by atoms with Crippen LogP contribution >= 0.6 is 0 Å². The molecule has 0 saturated carbocycles. The number of hydrogen-bond donors (Lipinski definition) is 0. The van der Waals surface area contributed by atoms with Crippen LogP contribution in [-0.2, 0) is 22.3 Å². The van der Waals surface area contributed by atoms with Crippen molar-refractivity contribution in [2.75, 3.05) is 6.26 Å².